The van der Waals surface area contributed by atoms with Gasteiger partial charge in [0.05, 0.1) is 17.3 Å². The number of halogens is 2. The van der Waals surface area contributed by atoms with E-state index >= 15 is 0 Å². The molecule has 0 aliphatic heterocycles. The Labute approximate surface area is 139 Å². The molecule has 0 saturated carbocycles. The third kappa shape index (κ3) is 4.15. The highest BCUT2D eigenvalue weighted by molar-refractivity contribution is 6.35. The summed E-state index contributed by atoms with van der Waals surface area (Å²) in [5.41, 5.74) is 0.938. The first-order chi connectivity index (χ1) is 10.5. The topological polar surface area (TPSA) is 56.2 Å². The molecule has 7 heteroatoms. The molecule has 0 aliphatic rings. The maximum atomic E-state index is 12.1. The molecule has 1 aromatic carbocycles. The summed E-state index contributed by atoms with van der Waals surface area (Å²) in [5, 5.41) is 7.85. The van der Waals surface area contributed by atoms with Crippen LogP contribution in [0.5, 0.6) is 5.75 Å². The number of rotatable bonds is 6. The van der Waals surface area contributed by atoms with E-state index < -0.39 is 6.10 Å². The van der Waals surface area contributed by atoms with E-state index in [-0.39, 0.29) is 5.91 Å². The summed E-state index contributed by atoms with van der Waals surface area (Å²) < 4.78 is 7.38. The predicted octanol–water partition coefficient (Wildman–Crippen LogP) is 3.29. The first-order valence-electron chi connectivity index (χ1n) is 6.91. The number of carbonyl (C=O) groups excluding carboxylic acids is 1. The van der Waals surface area contributed by atoms with Crippen molar-refractivity contribution in [3.8, 4) is 5.75 Å². The van der Waals surface area contributed by atoms with Crippen molar-refractivity contribution in [3.05, 3.63) is 46.2 Å². The molecule has 2 rings (SSSR count). The van der Waals surface area contributed by atoms with Crippen LogP contribution in [0.15, 0.2) is 30.5 Å². The van der Waals surface area contributed by atoms with Gasteiger partial charge < -0.3 is 10.1 Å². The minimum Gasteiger partial charge on any atom is -0.479 e. The van der Waals surface area contributed by atoms with Crippen LogP contribution in [0.1, 0.15) is 19.5 Å². The van der Waals surface area contributed by atoms with E-state index in [4.69, 9.17) is 27.9 Å². The van der Waals surface area contributed by atoms with Crippen LogP contribution in [0.4, 0.5) is 0 Å². The number of hydrogen-bond donors (Lipinski definition) is 1. The lowest BCUT2D eigenvalue weighted by Crippen LogP contribution is -2.36. The molecule has 1 amide bonds. The molecule has 1 atom stereocenters. The lowest BCUT2D eigenvalue weighted by atomic mass is 10.3. The van der Waals surface area contributed by atoms with E-state index in [0.29, 0.717) is 22.3 Å². The van der Waals surface area contributed by atoms with Crippen molar-refractivity contribution >= 4 is 29.1 Å². The van der Waals surface area contributed by atoms with Crippen LogP contribution in [0.25, 0.3) is 0 Å². The molecule has 0 fully saturated rings. The fraction of sp³-hybridized carbons (Fsp3) is 0.333. The lowest BCUT2D eigenvalue weighted by molar-refractivity contribution is -0.127. The van der Waals surface area contributed by atoms with Crippen LogP contribution in [0.3, 0.4) is 0 Å². The number of ether oxygens (including phenoxy) is 1. The zero-order valence-electron chi connectivity index (χ0n) is 12.3. The molecule has 5 nitrogen and oxygen atoms in total. The third-order valence-electron chi connectivity index (χ3n) is 3.11. The van der Waals surface area contributed by atoms with Gasteiger partial charge in [-0.3, -0.25) is 9.48 Å². The maximum absolute atomic E-state index is 12.1. The summed E-state index contributed by atoms with van der Waals surface area (Å²) in [6.07, 6.45) is 1.04. The average Bonchev–Trinajstić information content (AvgIpc) is 2.95. The molecule has 0 radical (unpaired) electrons. The molecule has 2 aromatic rings. The highest BCUT2D eigenvalue weighted by Gasteiger charge is 2.16. The molecule has 0 bridgehead atoms. The molecule has 22 heavy (non-hydrogen) atoms. The lowest BCUT2D eigenvalue weighted by Gasteiger charge is -2.16. The molecule has 0 spiro atoms. The van der Waals surface area contributed by atoms with Crippen molar-refractivity contribution in [2.45, 2.75) is 33.0 Å². The summed E-state index contributed by atoms with van der Waals surface area (Å²) in [7, 11) is 0. The van der Waals surface area contributed by atoms with Gasteiger partial charge in [-0.2, -0.15) is 5.10 Å². The van der Waals surface area contributed by atoms with Crippen LogP contribution in [-0.2, 0) is 17.9 Å². The van der Waals surface area contributed by atoms with Gasteiger partial charge >= 0.3 is 0 Å². The van der Waals surface area contributed by atoms with Gasteiger partial charge in [-0.05, 0) is 38.1 Å². The first kappa shape index (κ1) is 16.6. The Morgan fingerprint density at radius 1 is 1.41 bits per heavy atom. The van der Waals surface area contributed by atoms with Crippen molar-refractivity contribution in [1.82, 2.24) is 15.1 Å². The normalized spacial score (nSPS) is 12.0. The Kier molecular flexibility index (Phi) is 5.69. The quantitative estimate of drug-likeness (QED) is 0.876. The van der Waals surface area contributed by atoms with E-state index in [2.05, 4.69) is 10.4 Å². The zero-order valence-corrected chi connectivity index (χ0v) is 13.9. The van der Waals surface area contributed by atoms with Crippen LogP contribution < -0.4 is 10.1 Å². The van der Waals surface area contributed by atoms with E-state index in [1.54, 1.807) is 31.3 Å². The van der Waals surface area contributed by atoms with Gasteiger partial charge in [-0.25, -0.2) is 0 Å². The van der Waals surface area contributed by atoms with Crippen molar-refractivity contribution in [1.29, 1.82) is 0 Å². The summed E-state index contributed by atoms with van der Waals surface area (Å²) in [5.74, 6) is 0.196. The fourth-order valence-corrected chi connectivity index (χ4v) is 2.38. The Bertz CT molecular complexity index is 658. The highest BCUT2D eigenvalue weighted by Crippen LogP contribution is 2.28. The van der Waals surface area contributed by atoms with Crippen LogP contribution >= 0.6 is 23.2 Å². The Balaban J connectivity index is 1.92. The average molecular weight is 342 g/mol. The molecule has 0 aliphatic carbocycles. The van der Waals surface area contributed by atoms with E-state index in [9.17, 15) is 4.79 Å². The first-order valence-corrected chi connectivity index (χ1v) is 7.67. The second kappa shape index (κ2) is 7.51. The van der Waals surface area contributed by atoms with Crippen molar-refractivity contribution < 1.29 is 9.53 Å². The van der Waals surface area contributed by atoms with Crippen LogP contribution in [-0.4, -0.2) is 21.8 Å². The van der Waals surface area contributed by atoms with Crippen LogP contribution in [0, 0.1) is 0 Å². The summed E-state index contributed by atoms with van der Waals surface area (Å²) >= 11 is 11.8. The Morgan fingerprint density at radius 3 is 2.86 bits per heavy atom. The van der Waals surface area contributed by atoms with Gasteiger partial charge in [-0.15, -0.1) is 0 Å². The molecule has 1 aromatic heterocycles. The van der Waals surface area contributed by atoms with Gasteiger partial charge in [0, 0.05) is 17.8 Å². The molecular formula is C15H17Cl2N3O2. The molecule has 0 saturated heterocycles. The number of amides is 1. The van der Waals surface area contributed by atoms with Crippen molar-refractivity contribution in [2.24, 2.45) is 0 Å². The summed E-state index contributed by atoms with van der Waals surface area (Å²) in [4.78, 5) is 12.1. The second-order valence-corrected chi connectivity index (χ2v) is 5.53. The minimum atomic E-state index is -0.670. The second-order valence-electron chi connectivity index (χ2n) is 4.69. The van der Waals surface area contributed by atoms with Crippen molar-refractivity contribution in [2.75, 3.05) is 0 Å². The highest BCUT2D eigenvalue weighted by atomic mass is 35.5. The van der Waals surface area contributed by atoms with E-state index in [1.807, 2.05) is 17.7 Å². The molecule has 118 valence electrons. The number of nitrogens with one attached hydrogen (secondary N) is 1. The fourth-order valence-electron chi connectivity index (χ4n) is 1.93. The van der Waals surface area contributed by atoms with E-state index in [1.165, 1.54) is 0 Å². The summed E-state index contributed by atoms with van der Waals surface area (Å²) in [6, 6.07) is 6.74. The number of hydrogen-bond acceptors (Lipinski definition) is 3. The number of benzene rings is 1. The predicted molar refractivity (Wildman–Crippen MR) is 86.3 cm³/mol. The van der Waals surface area contributed by atoms with Gasteiger partial charge in [-0.1, -0.05) is 23.2 Å². The van der Waals surface area contributed by atoms with Gasteiger partial charge in [0.25, 0.3) is 5.91 Å². The van der Waals surface area contributed by atoms with E-state index in [0.717, 1.165) is 12.2 Å². The van der Waals surface area contributed by atoms with Crippen molar-refractivity contribution in [3.63, 3.8) is 0 Å². The monoisotopic (exact) mass is 341 g/mol. The maximum Gasteiger partial charge on any atom is 0.261 e. The van der Waals surface area contributed by atoms with Crippen LogP contribution in [0.2, 0.25) is 10.0 Å². The number of nitrogens with zero attached hydrogens (tertiary/aromatic N) is 2. The largest absolute Gasteiger partial charge is 0.479 e. The van der Waals surface area contributed by atoms with Gasteiger partial charge in [0.2, 0.25) is 0 Å². The molecule has 1 heterocycles. The summed E-state index contributed by atoms with van der Waals surface area (Å²) in [6.45, 7) is 4.81. The third-order valence-corrected chi connectivity index (χ3v) is 3.65. The van der Waals surface area contributed by atoms with Gasteiger partial charge in [0.15, 0.2) is 6.10 Å². The molecular weight excluding hydrogens is 325 g/mol. The number of aryl methyl sites for hydroxylation is 1. The zero-order chi connectivity index (χ0) is 16.1. The standard InChI is InChI=1S/C15H17Cl2N3O2/c1-3-20-12(6-7-19-20)9-18-15(21)10(2)22-14-5-4-11(16)8-13(14)17/h4-8,10H,3,9H2,1-2H3,(H,18,21)/t10-/m1/s1. The Morgan fingerprint density at radius 2 is 2.18 bits per heavy atom. The Hall–Kier alpha value is -1.72. The van der Waals surface area contributed by atoms with Gasteiger partial charge in [0.1, 0.15) is 5.75 Å². The molecule has 1 N–H and O–H groups in total. The molecule has 0 unspecified atom stereocenters. The number of aromatic nitrogens is 2. The smallest absolute Gasteiger partial charge is 0.261 e. The minimum absolute atomic E-state index is 0.227. The number of carbonyl (C=O) groups is 1. The SMILES string of the molecule is CCn1nccc1CNC(=O)[C@@H](C)Oc1ccc(Cl)cc1Cl.